The molecule has 3 aromatic rings. The maximum atomic E-state index is 12.5. The lowest BCUT2D eigenvalue weighted by Crippen LogP contribution is -2.28. The average molecular weight is 288 g/mol. The standard InChI is InChI=1S/C12H12N6O3/c1-6-8(9-10(19)14-4-15-11(9)21-6)12(20)18(2)3-7-13-5-16-17-7/h4-5H,3H2,1-2H3,(H,13,16,17)(H,14,15,19). The molecule has 0 aromatic carbocycles. The molecule has 0 radical (unpaired) electrons. The van der Waals surface area contributed by atoms with Crippen molar-refractivity contribution >= 4 is 17.0 Å². The van der Waals surface area contributed by atoms with Crippen LogP contribution in [0.2, 0.25) is 0 Å². The Morgan fingerprint density at radius 1 is 1.43 bits per heavy atom. The van der Waals surface area contributed by atoms with E-state index in [0.717, 1.165) is 0 Å². The number of carbonyl (C=O) groups is 1. The summed E-state index contributed by atoms with van der Waals surface area (Å²) in [6, 6.07) is 0. The molecule has 3 heterocycles. The molecule has 0 unspecified atom stereocenters. The third kappa shape index (κ3) is 2.18. The highest BCUT2D eigenvalue weighted by atomic mass is 16.3. The number of aryl methyl sites for hydroxylation is 1. The predicted octanol–water partition coefficient (Wildman–Crippen LogP) is 0.215. The van der Waals surface area contributed by atoms with Gasteiger partial charge in [-0.3, -0.25) is 14.7 Å². The van der Waals surface area contributed by atoms with Crippen LogP contribution in [0.15, 0.2) is 21.9 Å². The summed E-state index contributed by atoms with van der Waals surface area (Å²) >= 11 is 0. The lowest BCUT2D eigenvalue weighted by Gasteiger charge is -2.14. The van der Waals surface area contributed by atoms with Gasteiger partial charge >= 0.3 is 0 Å². The zero-order valence-corrected chi connectivity index (χ0v) is 11.4. The first-order valence-electron chi connectivity index (χ1n) is 6.14. The second-order valence-electron chi connectivity index (χ2n) is 4.54. The summed E-state index contributed by atoms with van der Waals surface area (Å²) in [6.07, 6.45) is 2.60. The molecule has 1 amide bonds. The van der Waals surface area contributed by atoms with Crippen LogP contribution in [0.4, 0.5) is 0 Å². The van der Waals surface area contributed by atoms with Crippen LogP contribution in [-0.2, 0) is 6.54 Å². The van der Waals surface area contributed by atoms with E-state index in [9.17, 15) is 9.59 Å². The van der Waals surface area contributed by atoms with Crippen molar-refractivity contribution in [3.8, 4) is 0 Å². The second-order valence-corrected chi connectivity index (χ2v) is 4.54. The van der Waals surface area contributed by atoms with E-state index in [4.69, 9.17) is 4.42 Å². The van der Waals surface area contributed by atoms with Crippen LogP contribution in [0.1, 0.15) is 21.9 Å². The second kappa shape index (κ2) is 4.85. The molecule has 0 bridgehead atoms. The Labute approximate surface area is 118 Å². The first kappa shape index (κ1) is 13.0. The molecule has 21 heavy (non-hydrogen) atoms. The molecule has 3 aromatic heterocycles. The third-order valence-electron chi connectivity index (χ3n) is 3.08. The fourth-order valence-corrected chi connectivity index (χ4v) is 2.11. The van der Waals surface area contributed by atoms with Gasteiger partial charge in [-0.2, -0.15) is 5.10 Å². The monoisotopic (exact) mass is 288 g/mol. The summed E-state index contributed by atoms with van der Waals surface area (Å²) in [5, 5.41) is 6.55. The van der Waals surface area contributed by atoms with Gasteiger partial charge in [0.15, 0.2) is 0 Å². The van der Waals surface area contributed by atoms with Crippen LogP contribution >= 0.6 is 0 Å². The van der Waals surface area contributed by atoms with Crippen LogP contribution < -0.4 is 5.56 Å². The van der Waals surface area contributed by atoms with Gasteiger partial charge in [-0.1, -0.05) is 0 Å². The summed E-state index contributed by atoms with van der Waals surface area (Å²) in [7, 11) is 1.60. The van der Waals surface area contributed by atoms with Gasteiger partial charge in [-0.05, 0) is 6.92 Å². The van der Waals surface area contributed by atoms with E-state index in [0.29, 0.717) is 11.6 Å². The highest BCUT2D eigenvalue weighted by Gasteiger charge is 2.24. The first-order valence-corrected chi connectivity index (χ1v) is 6.14. The zero-order valence-electron chi connectivity index (χ0n) is 11.4. The largest absolute Gasteiger partial charge is 0.442 e. The Morgan fingerprint density at radius 3 is 2.95 bits per heavy atom. The van der Waals surface area contributed by atoms with E-state index in [1.165, 1.54) is 17.6 Å². The number of nitrogens with one attached hydrogen (secondary N) is 2. The fourth-order valence-electron chi connectivity index (χ4n) is 2.11. The summed E-state index contributed by atoms with van der Waals surface area (Å²) in [4.78, 5) is 36.2. The van der Waals surface area contributed by atoms with Gasteiger partial charge in [0.25, 0.3) is 11.5 Å². The summed E-state index contributed by atoms with van der Waals surface area (Å²) < 4.78 is 5.37. The van der Waals surface area contributed by atoms with E-state index in [1.54, 1.807) is 14.0 Å². The Morgan fingerprint density at radius 2 is 2.24 bits per heavy atom. The minimum absolute atomic E-state index is 0.146. The molecule has 0 saturated carbocycles. The van der Waals surface area contributed by atoms with Crippen molar-refractivity contribution in [1.82, 2.24) is 30.0 Å². The normalized spacial score (nSPS) is 11.0. The highest BCUT2D eigenvalue weighted by molar-refractivity contribution is 6.06. The van der Waals surface area contributed by atoms with Crippen LogP contribution in [0.5, 0.6) is 0 Å². The van der Waals surface area contributed by atoms with E-state index < -0.39 is 5.56 Å². The van der Waals surface area contributed by atoms with E-state index >= 15 is 0 Å². The summed E-state index contributed by atoms with van der Waals surface area (Å²) in [5.41, 5.74) is -0.0534. The third-order valence-corrected chi connectivity index (χ3v) is 3.08. The number of fused-ring (bicyclic) bond motifs is 1. The first-order chi connectivity index (χ1) is 10.1. The number of aromatic amines is 2. The van der Waals surface area contributed by atoms with Crippen molar-refractivity contribution < 1.29 is 9.21 Å². The minimum Gasteiger partial charge on any atom is -0.442 e. The van der Waals surface area contributed by atoms with Gasteiger partial charge in [0, 0.05) is 7.05 Å². The van der Waals surface area contributed by atoms with Gasteiger partial charge in [0.2, 0.25) is 5.71 Å². The molecule has 9 nitrogen and oxygen atoms in total. The zero-order chi connectivity index (χ0) is 15.0. The molecular weight excluding hydrogens is 276 g/mol. The Bertz CT molecular complexity index is 848. The summed E-state index contributed by atoms with van der Waals surface area (Å²) in [6.45, 7) is 1.86. The topological polar surface area (TPSA) is 121 Å². The molecule has 0 fully saturated rings. The fraction of sp³-hybridized carbons (Fsp3) is 0.250. The number of H-pyrrole nitrogens is 2. The van der Waals surface area contributed by atoms with Crippen LogP contribution in [0, 0.1) is 6.92 Å². The number of rotatable bonds is 3. The van der Waals surface area contributed by atoms with Crippen molar-refractivity contribution in [2.75, 3.05) is 7.05 Å². The molecule has 2 N–H and O–H groups in total. The van der Waals surface area contributed by atoms with E-state index in [-0.39, 0.29) is 29.1 Å². The number of furan rings is 1. The lowest BCUT2D eigenvalue weighted by atomic mass is 10.1. The minimum atomic E-state index is -0.409. The maximum absolute atomic E-state index is 12.5. The van der Waals surface area contributed by atoms with Crippen LogP contribution in [0.25, 0.3) is 11.1 Å². The smallest absolute Gasteiger partial charge is 0.262 e. The Hall–Kier alpha value is -2.97. The quantitative estimate of drug-likeness (QED) is 0.711. The SMILES string of the molecule is Cc1oc2nc[nH]c(=O)c2c1C(=O)N(C)Cc1ncn[nH]1. The molecule has 108 valence electrons. The molecule has 9 heteroatoms. The van der Waals surface area contributed by atoms with Crippen molar-refractivity contribution in [3.05, 3.63) is 40.2 Å². The number of aromatic nitrogens is 5. The van der Waals surface area contributed by atoms with Crippen LogP contribution in [0.3, 0.4) is 0 Å². The average Bonchev–Trinajstić information content (AvgIpc) is 3.05. The highest BCUT2D eigenvalue weighted by Crippen LogP contribution is 2.22. The molecule has 0 spiro atoms. The van der Waals surface area contributed by atoms with E-state index in [2.05, 4.69) is 25.1 Å². The molecule has 0 saturated heterocycles. The van der Waals surface area contributed by atoms with Gasteiger partial charge in [-0.15, -0.1) is 0 Å². The van der Waals surface area contributed by atoms with Gasteiger partial charge in [0.05, 0.1) is 18.4 Å². The Balaban J connectivity index is 2.01. The molecule has 0 aliphatic heterocycles. The van der Waals surface area contributed by atoms with Crippen molar-refractivity contribution in [3.63, 3.8) is 0 Å². The van der Waals surface area contributed by atoms with Crippen LogP contribution in [-0.4, -0.2) is 43.0 Å². The summed E-state index contributed by atoms with van der Waals surface area (Å²) in [5.74, 6) is 0.549. The maximum Gasteiger partial charge on any atom is 0.262 e. The Kier molecular flexibility index (Phi) is 3.01. The van der Waals surface area contributed by atoms with Gasteiger partial charge in [-0.25, -0.2) is 9.97 Å². The molecular formula is C12H12N6O3. The lowest BCUT2D eigenvalue weighted by molar-refractivity contribution is 0.0781. The van der Waals surface area contributed by atoms with E-state index in [1.807, 2.05) is 0 Å². The van der Waals surface area contributed by atoms with Crippen molar-refractivity contribution in [2.45, 2.75) is 13.5 Å². The number of hydrogen-bond donors (Lipinski definition) is 2. The number of amides is 1. The van der Waals surface area contributed by atoms with Gasteiger partial charge in [0.1, 0.15) is 23.3 Å². The number of hydrogen-bond acceptors (Lipinski definition) is 6. The molecule has 0 atom stereocenters. The molecule has 0 aliphatic rings. The number of carbonyl (C=O) groups excluding carboxylic acids is 1. The number of nitrogens with zero attached hydrogens (tertiary/aromatic N) is 4. The predicted molar refractivity (Wildman–Crippen MR) is 71.5 cm³/mol. The molecule has 0 aliphatic carbocycles. The van der Waals surface area contributed by atoms with Crippen molar-refractivity contribution in [1.29, 1.82) is 0 Å². The molecule has 3 rings (SSSR count). The van der Waals surface area contributed by atoms with Crippen molar-refractivity contribution in [2.24, 2.45) is 0 Å². The van der Waals surface area contributed by atoms with Gasteiger partial charge < -0.3 is 14.3 Å².